The summed E-state index contributed by atoms with van der Waals surface area (Å²) in [5.41, 5.74) is 5.85. The SMILES string of the molecule is CC1(C)c2cc3ccccc3nc2-c2cccc3cncc1c23. The summed E-state index contributed by atoms with van der Waals surface area (Å²) >= 11 is 0. The predicted octanol–water partition coefficient (Wildman–Crippen LogP) is 5.09. The van der Waals surface area contributed by atoms with Gasteiger partial charge >= 0.3 is 0 Å². The zero-order chi connectivity index (χ0) is 15.6. The molecule has 2 aromatic heterocycles. The Balaban J connectivity index is 2.02. The van der Waals surface area contributed by atoms with Crippen LogP contribution in [0.15, 0.2) is 60.9 Å². The first kappa shape index (κ1) is 12.8. The standard InChI is InChI=1S/C21H16N2/c1-21(2)16-10-13-6-3-4-9-18(13)23-20(16)15-8-5-7-14-11-22-12-17(21)19(14)15/h3-12H,1-2H3. The van der Waals surface area contributed by atoms with Crippen LogP contribution in [0.3, 0.4) is 0 Å². The van der Waals surface area contributed by atoms with Crippen LogP contribution in [0.5, 0.6) is 0 Å². The van der Waals surface area contributed by atoms with Gasteiger partial charge in [-0.15, -0.1) is 0 Å². The summed E-state index contributed by atoms with van der Waals surface area (Å²) in [5, 5.41) is 3.68. The normalized spacial score (nSPS) is 14.9. The lowest BCUT2D eigenvalue weighted by Crippen LogP contribution is -2.24. The first-order chi connectivity index (χ1) is 11.2. The number of hydrogen-bond donors (Lipinski definition) is 0. The second kappa shape index (κ2) is 4.17. The van der Waals surface area contributed by atoms with Crippen LogP contribution in [0.2, 0.25) is 0 Å². The number of para-hydroxylation sites is 1. The largest absolute Gasteiger partial charge is 0.264 e. The average molecular weight is 296 g/mol. The van der Waals surface area contributed by atoms with Crippen LogP contribution >= 0.6 is 0 Å². The highest BCUT2D eigenvalue weighted by atomic mass is 14.7. The summed E-state index contributed by atoms with van der Waals surface area (Å²) < 4.78 is 0. The van der Waals surface area contributed by atoms with E-state index in [1.54, 1.807) is 0 Å². The van der Waals surface area contributed by atoms with Crippen LogP contribution in [-0.2, 0) is 5.41 Å². The van der Waals surface area contributed by atoms with E-state index in [1.807, 2.05) is 18.5 Å². The molecule has 0 spiro atoms. The van der Waals surface area contributed by atoms with Crippen molar-refractivity contribution in [1.82, 2.24) is 9.97 Å². The van der Waals surface area contributed by atoms with E-state index >= 15 is 0 Å². The summed E-state index contributed by atoms with van der Waals surface area (Å²) in [6.45, 7) is 4.54. The maximum Gasteiger partial charge on any atom is 0.0756 e. The number of benzene rings is 2. The molecule has 0 N–H and O–H groups in total. The van der Waals surface area contributed by atoms with E-state index in [-0.39, 0.29) is 5.41 Å². The van der Waals surface area contributed by atoms with Gasteiger partial charge in [-0.05, 0) is 28.6 Å². The molecule has 2 heteroatoms. The predicted molar refractivity (Wildman–Crippen MR) is 94.6 cm³/mol. The van der Waals surface area contributed by atoms with Gasteiger partial charge in [-0.1, -0.05) is 50.2 Å². The third-order valence-electron chi connectivity index (χ3n) is 5.11. The van der Waals surface area contributed by atoms with Gasteiger partial charge in [-0.3, -0.25) is 4.98 Å². The van der Waals surface area contributed by atoms with Crippen molar-refractivity contribution in [3.63, 3.8) is 0 Å². The molecule has 110 valence electrons. The highest BCUT2D eigenvalue weighted by Gasteiger charge is 2.34. The van der Waals surface area contributed by atoms with Crippen molar-refractivity contribution in [3.8, 4) is 11.3 Å². The molecule has 0 unspecified atom stereocenters. The van der Waals surface area contributed by atoms with Crippen molar-refractivity contribution < 1.29 is 0 Å². The van der Waals surface area contributed by atoms with Gasteiger partial charge in [0, 0.05) is 34.1 Å². The van der Waals surface area contributed by atoms with Gasteiger partial charge in [-0.2, -0.15) is 0 Å². The second-order valence-electron chi connectivity index (χ2n) is 6.79. The highest BCUT2D eigenvalue weighted by molar-refractivity contribution is 6.03. The molecule has 1 aliphatic rings. The smallest absolute Gasteiger partial charge is 0.0756 e. The van der Waals surface area contributed by atoms with E-state index in [0.717, 1.165) is 11.2 Å². The molecule has 0 fully saturated rings. The number of hydrogen-bond acceptors (Lipinski definition) is 2. The molecule has 4 aromatic rings. The van der Waals surface area contributed by atoms with Gasteiger partial charge in [0.05, 0.1) is 11.2 Å². The number of aromatic nitrogens is 2. The lowest BCUT2D eigenvalue weighted by Gasteiger charge is -2.34. The minimum atomic E-state index is -0.104. The monoisotopic (exact) mass is 296 g/mol. The Hall–Kier alpha value is -2.74. The third kappa shape index (κ3) is 1.58. The zero-order valence-electron chi connectivity index (χ0n) is 13.2. The third-order valence-corrected chi connectivity index (χ3v) is 5.11. The molecule has 2 nitrogen and oxygen atoms in total. The topological polar surface area (TPSA) is 25.8 Å². The molecule has 0 radical (unpaired) electrons. The van der Waals surface area contributed by atoms with Crippen LogP contribution in [0.4, 0.5) is 0 Å². The summed E-state index contributed by atoms with van der Waals surface area (Å²) in [7, 11) is 0. The molecule has 0 aliphatic heterocycles. The van der Waals surface area contributed by atoms with Crippen LogP contribution < -0.4 is 0 Å². The van der Waals surface area contributed by atoms with Crippen molar-refractivity contribution in [3.05, 3.63) is 72.1 Å². The van der Waals surface area contributed by atoms with Crippen molar-refractivity contribution in [1.29, 1.82) is 0 Å². The van der Waals surface area contributed by atoms with Gasteiger partial charge in [-0.25, -0.2) is 4.98 Å². The zero-order valence-corrected chi connectivity index (χ0v) is 13.2. The Kier molecular flexibility index (Phi) is 2.31. The van der Waals surface area contributed by atoms with Crippen molar-refractivity contribution >= 4 is 21.7 Å². The van der Waals surface area contributed by atoms with Gasteiger partial charge in [0.1, 0.15) is 0 Å². The van der Waals surface area contributed by atoms with E-state index in [9.17, 15) is 0 Å². The Labute approximate surface area is 134 Å². The maximum atomic E-state index is 5.01. The quantitative estimate of drug-likeness (QED) is 0.452. The van der Waals surface area contributed by atoms with Gasteiger partial charge in [0.25, 0.3) is 0 Å². The number of nitrogens with zero attached hydrogens (tertiary/aromatic N) is 2. The van der Waals surface area contributed by atoms with Crippen LogP contribution in [0.1, 0.15) is 25.0 Å². The minimum Gasteiger partial charge on any atom is -0.264 e. The fourth-order valence-electron chi connectivity index (χ4n) is 3.85. The fraction of sp³-hybridized carbons (Fsp3) is 0.143. The van der Waals surface area contributed by atoms with E-state index in [4.69, 9.17) is 4.98 Å². The fourth-order valence-corrected chi connectivity index (χ4v) is 3.85. The molecule has 0 atom stereocenters. The molecule has 0 saturated heterocycles. The van der Waals surface area contributed by atoms with E-state index in [2.05, 4.69) is 61.3 Å². The van der Waals surface area contributed by atoms with Crippen LogP contribution in [-0.4, -0.2) is 9.97 Å². The molecular formula is C21H16N2. The van der Waals surface area contributed by atoms with E-state index in [0.29, 0.717) is 0 Å². The molecule has 2 heterocycles. The Morgan fingerprint density at radius 2 is 1.65 bits per heavy atom. The number of fused-ring (bicyclic) bond motifs is 3. The number of pyridine rings is 2. The van der Waals surface area contributed by atoms with Crippen molar-refractivity contribution in [2.75, 3.05) is 0 Å². The van der Waals surface area contributed by atoms with Crippen LogP contribution in [0.25, 0.3) is 32.9 Å². The Morgan fingerprint density at radius 1 is 0.826 bits per heavy atom. The first-order valence-electron chi connectivity index (χ1n) is 7.94. The molecule has 23 heavy (non-hydrogen) atoms. The second-order valence-corrected chi connectivity index (χ2v) is 6.79. The summed E-state index contributed by atoms with van der Waals surface area (Å²) in [5.74, 6) is 0. The van der Waals surface area contributed by atoms with Crippen molar-refractivity contribution in [2.45, 2.75) is 19.3 Å². The maximum absolute atomic E-state index is 5.01. The summed E-state index contributed by atoms with van der Waals surface area (Å²) in [4.78, 5) is 9.48. The summed E-state index contributed by atoms with van der Waals surface area (Å²) in [6, 6.07) is 17.1. The van der Waals surface area contributed by atoms with E-state index < -0.39 is 0 Å². The molecule has 0 saturated carbocycles. The highest BCUT2D eigenvalue weighted by Crippen LogP contribution is 2.47. The molecule has 0 bridgehead atoms. The summed E-state index contributed by atoms with van der Waals surface area (Å²) in [6.07, 6.45) is 3.97. The van der Waals surface area contributed by atoms with Gasteiger partial charge in [0.2, 0.25) is 0 Å². The van der Waals surface area contributed by atoms with Crippen LogP contribution in [0, 0.1) is 0 Å². The average Bonchev–Trinajstić information content (AvgIpc) is 2.58. The molecule has 0 amide bonds. The first-order valence-corrected chi connectivity index (χ1v) is 7.94. The molecule has 5 rings (SSSR count). The Morgan fingerprint density at radius 3 is 2.57 bits per heavy atom. The lowest BCUT2D eigenvalue weighted by molar-refractivity contribution is 0.640. The minimum absolute atomic E-state index is 0.104. The molecular weight excluding hydrogens is 280 g/mol. The molecule has 2 aromatic carbocycles. The van der Waals surface area contributed by atoms with Gasteiger partial charge < -0.3 is 0 Å². The molecule has 1 aliphatic carbocycles. The van der Waals surface area contributed by atoms with Gasteiger partial charge in [0.15, 0.2) is 0 Å². The van der Waals surface area contributed by atoms with E-state index in [1.165, 1.54) is 32.8 Å². The Bertz CT molecular complexity index is 1090. The lowest BCUT2D eigenvalue weighted by atomic mass is 9.70. The van der Waals surface area contributed by atoms with Crippen molar-refractivity contribution in [2.24, 2.45) is 0 Å². The number of rotatable bonds is 0.